The van der Waals surface area contributed by atoms with Gasteiger partial charge in [-0.25, -0.2) is 9.97 Å². The van der Waals surface area contributed by atoms with Gasteiger partial charge in [0.15, 0.2) is 5.75 Å². The summed E-state index contributed by atoms with van der Waals surface area (Å²) >= 11 is 0. The molecule has 0 saturated carbocycles. The van der Waals surface area contributed by atoms with E-state index in [4.69, 9.17) is 10.5 Å². The van der Waals surface area contributed by atoms with E-state index >= 15 is 0 Å². The molecule has 1 heterocycles. The average Bonchev–Trinajstić information content (AvgIpc) is 2.54. The molecule has 1 unspecified atom stereocenters. The molecule has 2 rings (SSSR count). The van der Waals surface area contributed by atoms with E-state index in [2.05, 4.69) is 16.9 Å². The van der Waals surface area contributed by atoms with Gasteiger partial charge in [0, 0.05) is 12.5 Å². The third kappa shape index (κ3) is 4.43. The molecule has 0 bridgehead atoms. The molecule has 22 heavy (non-hydrogen) atoms. The van der Waals surface area contributed by atoms with E-state index in [1.807, 2.05) is 30.3 Å². The maximum absolute atomic E-state index is 9.28. The molecule has 0 radical (unpaired) electrons. The number of aliphatic hydroxyl groups excluding tert-OH is 1. The fraction of sp³-hybridized carbons (Fsp3) is 0.412. The molecule has 0 aliphatic heterocycles. The van der Waals surface area contributed by atoms with Crippen molar-refractivity contribution < 1.29 is 9.84 Å². The Balaban J connectivity index is 2.19. The van der Waals surface area contributed by atoms with Crippen LogP contribution in [0.5, 0.6) is 5.75 Å². The Morgan fingerprint density at radius 3 is 2.68 bits per heavy atom. The van der Waals surface area contributed by atoms with Gasteiger partial charge in [0.05, 0.1) is 11.9 Å². The maximum atomic E-state index is 9.28. The van der Waals surface area contributed by atoms with Crippen LogP contribution in [0.15, 0.2) is 36.5 Å². The maximum Gasteiger partial charge on any atom is 0.220 e. The molecule has 3 N–H and O–H groups in total. The van der Waals surface area contributed by atoms with Crippen LogP contribution >= 0.6 is 0 Å². The van der Waals surface area contributed by atoms with Gasteiger partial charge in [-0.1, -0.05) is 43.7 Å². The van der Waals surface area contributed by atoms with Gasteiger partial charge in [0.1, 0.15) is 6.61 Å². The second kappa shape index (κ2) is 8.34. The van der Waals surface area contributed by atoms with E-state index in [1.54, 1.807) is 6.20 Å². The van der Waals surface area contributed by atoms with Crippen LogP contribution in [0.1, 0.15) is 43.4 Å². The quantitative estimate of drug-likeness (QED) is 0.783. The standard InChI is InChI=1S/C17H23N3O2/c1-2-6-14(9-10-21)16-15(11-19-17(18)20-16)22-12-13-7-4-3-5-8-13/h3-5,7-8,11,14,21H,2,6,9-10,12H2,1H3,(H2,18,19,20). The molecule has 1 aromatic carbocycles. The Bertz CT molecular complexity index is 569. The lowest BCUT2D eigenvalue weighted by atomic mass is 9.95. The van der Waals surface area contributed by atoms with Crippen LogP contribution in [0.3, 0.4) is 0 Å². The number of nitrogen functional groups attached to an aromatic ring is 1. The summed E-state index contributed by atoms with van der Waals surface area (Å²) < 4.78 is 5.89. The van der Waals surface area contributed by atoms with E-state index in [1.165, 1.54) is 0 Å². The molecule has 118 valence electrons. The lowest BCUT2D eigenvalue weighted by molar-refractivity contribution is 0.263. The summed E-state index contributed by atoms with van der Waals surface area (Å²) in [4.78, 5) is 8.39. The van der Waals surface area contributed by atoms with Gasteiger partial charge in [0.2, 0.25) is 5.95 Å². The number of benzene rings is 1. The minimum absolute atomic E-state index is 0.118. The fourth-order valence-corrected chi connectivity index (χ4v) is 2.46. The SMILES string of the molecule is CCCC(CCO)c1nc(N)ncc1OCc1ccccc1. The molecule has 0 aliphatic rings. The molecule has 2 aromatic rings. The van der Waals surface area contributed by atoms with Crippen LogP contribution in [0, 0.1) is 0 Å². The van der Waals surface area contributed by atoms with Crippen LogP contribution in [-0.2, 0) is 6.61 Å². The zero-order valence-electron chi connectivity index (χ0n) is 12.9. The number of aliphatic hydroxyl groups is 1. The molecule has 5 heteroatoms. The minimum atomic E-state index is 0.118. The Kier molecular flexibility index (Phi) is 6.15. The Labute approximate surface area is 131 Å². The summed E-state index contributed by atoms with van der Waals surface area (Å²) in [5, 5.41) is 9.28. The molecule has 0 amide bonds. The number of hydrogen-bond acceptors (Lipinski definition) is 5. The smallest absolute Gasteiger partial charge is 0.220 e. The first-order valence-corrected chi connectivity index (χ1v) is 7.64. The largest absolute Gasteiger partial charge is 0.485 e. The number of anilines is 1. The molecule has 0 spiro atoms. The molecule has 1 atom stereocenters. The van der Waals surface area contributed by atoms with Gasteiger partial charge in [0.25, 0.3) is 0 Å². The number of ether oxygens (including phenoxy) is 1. The van der Waals surface area contributed by atoms with E-state index in [-0.39, 0.29) is 18.5 Å². The molecule has 0 saturated heterocycles. The van der Waals surface area contributed by atoms with Crippen molar-refractivity contribution in [1.29, 1.82) is 0 Å². The predicted octanol–water partition coefficient (Wildman–Crippen LogP) is 2.90. The topological polar surface area (TPSA) is 81.3 Å². The van der Waals surface area contributed by atoms with E-state index in [9.17, 15) is 5.11 Å². The second-order valence-corrected chi connectivity index (χ2v) is 5.25. The van der Waals surface area contributed by atoms with Gasteiger partial charge in [-0.05, 0) is 18.4 Å². The van der Waals surface area contributed by atoms with Gasteiger partial charge in [-0.3, -0.25) is 0 Å². The highest BCUT2D eigenvalue weighted by Crippen LogP contribution is 2.31. The van der Waals surface area contributed by atoms with Crippen molar-refractivity contribution in [2.45, 2.75) is 38.7 Å². The van der Waals surface area contributed by atoms with Crippen molar-refractivity contribution in [3.05, 3.63) is 47.8 Å². The lowest BCUT2D eigenvalue weighted by Gasteiger charge is -2.18. The van der Waals surface area contributed by atoms with Gasteiger partial charge in [-0.15, -0.1) is 0 Å². The fourth-order valence-electron chi connectivity index (χ4n) is 2.46. The molecule has 5 nitrogen and oxygen atoms in total. The zero-order chi connectivity index (χ0) is 15.8. The third-order valence-electron chi connectivity index (χ3n) is 3.54. The molecule has 0 aliphatic carbocycles. The van der Waals surface area contributed by atoms with Crippen LogP contribution in [-0.4, -0.2) is 21.7 Å². The summed E-state index contributed by atoms with van der Waals surface area (Å²) in [5.74, 6) is 1.01. The van der Waals surface area contributed by atoms with Crippen LogP contribution in [0.4, 0.5) is 5.95 Å². The summed E-state index contributed by atoms with van der Waals surface area (Å²) in [6.07, 6.45) is 4.21. The number of nitrogens with two attached hydrogens (primary N) is 1. The second-order valence-electron chi connectivity index (χ2n) is 5.25. The molecular formula is C17H23N3O2. The van der Waals surface area contributed by atoms with Crippen molar-refractivity contribution in [1.82, 2.24) is 9.97 Å². The van der Waals surface area contributed by atoms with E-state index in [0.717, 1.165) is 24.1 Å². The van der Waals surface area contributed by atoms with E-state index in [0.29, 0.717) is 18.8 Å². The zero-order valence-corrected chi connectivity index (χ0v) is 12.9. The first kappa shape index (κ1) is 16.2. The van der Waals surface area contributed by atoms with Crippen LogP contribution < -0.4 is 10.5 Å². The summed E-state index contributed by atoms with van der Waals surface area (Å²) in [6, 6.07) is 9.94. The predicted molar refractivity (Wildman–Crippen MR) is 86.6 cm³/mol. The minimum Gasteiger partial charge on any atom is -0.485 e. The van der Waals surface area contributed by atoms with Gasteiger partial charge in [-0.2, -0.15) is 0 Å². The normalized spacial score (nSPS) is 12.1. The third-order valence-corrected chi connectivity index (χ3v) is 3.54. The summed E-state index contributed by atoms with van der Waals surface area (Å²) in [5.41, 5.74) is 7.60. The Morgan fingerprint density at radius 1 is 1.23 bits per heavy atom. The van der Waals surface area contributed by atoms with Crippen molar-refractivity contribution >= 4 is 5.95 Å². The van der Waals surface area contributed by atoms with Crippen molar-refractivity contribution in [2.75, 3.05) is 12.3 Å². The lowest BCUT2D eigenvalue weighted by Crippen LogP contribution is -2.10. The Morgan fingerprint density at radius 2 is 2.00 bits per heavy atom. The first-order valence-electron chi connectivity index (χ1n) is 7.64. The van der Waals surface area contributed by atoms with Gasteiger partial charge >= 0.3 is 0 Å². The van der Waals surface area contributed by atoms with Gasteiger partial charge < -0.3 is 15.6 Å². The number of hydrogen-bond donors (Lipinski definition) is 2. The van der Waals surface area contributed by atoms with Crippen LogP contribution in [0.2, 0.25) is 0 Å². The number of nitrogens with zero attached hydrogens (tertiary/aromatic N) is 2. The molecular weight excluding hydrogens is 278 g/mol. The average molecular weight is 301 g/mol. The first-order chi connectivity index (χ1) is 10.7. The molecule has 0 fully saturated rings. The van der Waals surface area contributed by atoms with E-state index < -0.39 is 0 Å². The monoisotopic (exact) mass is 301 g/mol. The number of rotatable bonds is 8. The van der Waals surface area contributed by atoms with Crippen molar-refractivity contribution in [2.24, 2.45) is 0 Å². The van der Waals surface area contributed by atoms with Crippen LogP contribution in [0.25, 0.3) is 0 Å². The summed E-state index contributed by atoms with van der Waals surface area (Å²) in [6.45, 7) is 2.69. The number of aromatic nitrogens is 2. The Hall–Kier alpha value is -2.14. The highest BCUT2D eigenvalue weighted by Gasteiger charge is 2.18. The summed E-state index contributed by atoms with van der Waals surface area (Å²) in [7, 11) is 0. The van der Waals surface area contributed by atoms with Crippen molar-refractivity contribution in [3.63, 3.8) is 0 Å². The molecule has 1 aromatic heterocycles. The van der Waals surface area contributed by atoms with Crippen molar-refractivity contribution in [3.8, 4) is 5.75 Å². The highest BCUT2D eigenvalue weighted by atomic mass is 16.5. The highest BCUT2D eigenvalue weighted by molar-refractivity contribution is 5.33.